The first-order chi connectivity index (χ1) is 14.0. The Morgan fingerprint density at radius 1 is 1.03 bits per heavy atom. The molecule has 0 bridgehead atoms. The van der Waals surface area contributed by atoms with E-state index >= 15 is 0 Å². The van der Waals surface area contributed by atoms with Crippen LogP contribution in [-0.4, -0.2) is 37.6 Å². The second-order valence-corrected chi connectivity index (χ2v) is 6.44. The van der Waals surface area contributed by atoms with Gasteiger partial charge < -0.3 is 24.8 Å². The summed E-state index contributed by atoms with van der Waals surface area (Å²) in [4.78, 5) is 35.7. The van der Waals surface area contributed by atoms with E-state index in [1.54, 1.807) is 18.2 Å². The lowest BCUT2D eigenvalue weighted by Gasteiger charge is -2.19. The molecule has 2 aromatic carbocycles. The van der Waals surface area contributed by atoms with E-state index in [9.17, 15) is 14.4 Å². The van der Waals surface area contributed by atoms with Crippen LogP contribution in [0.5, 0.6) is 11.5 Å². The summed E-state index contributed by atoms with van der Waals surface area (Å²) in [6.45, 7) is 1.87. The quantitative estimate of drug-likeness (QED) is 0.693. The number of carbonyl (C=O) groups is 3. The van der Waals surface area contributed by atoms with Crippen LogP contribution in [0, 0.1) is 0 Å². The average molecular weight is 398 g/mol. The molecule has 0 spiro atoms. The molecule has 0 aliphatic carbocycles. The smallest absolute Gasteiger partial charge is 0.308 e. The Morgan fingerprint density at radius 2 is 1.76 bits per heavy atom. The predicted octanol–water partition coefficient (Wildman–Crippen LogP) is 2.21. The normalized spacial score (nSPS) is 13.1. The van der Waals surface area contributed by atoms with E-state index in [1.807, 2.05) is 30.3 Å². The monoisotopic (exact) mass is 398 g/mol. The fourth-order valence-electron chi connectivity index (χ4n) is 2.87. The van der Waals surface area contributed by atoms with E-state index in [2.05, 4.69) is 10.6 Å². The number of hydrogen-bond acceptors (Lipinski definition) is 6. The van der Waals surface area contributed by atoms with Gasteiger partial charge in [0.05, 0.1) is 12.5 Å². The molecule has 2 amide bonds. The Kier molecular flexibility index (Phi) is 6.67. The summed E-state index contributed by atoms with van der Waals surface area (Å²) >= 11 is 0. The predicted molar refractivity (Wildman–Crippen MR) is 105 cm³/mol. The van der Waals surface area contributed by atoms with Crippen molar-refractivity contribution in [3.05, 3.63) is 54.1 Å². The molecule has 3 rings (SSSR count). The van der Waals surface area contributed by atoms with Gasteiger partial charge in [-0.15, -0.1) is 0 Å². The zero-order chi connectivity index (χ0) is 20.6. The van der Waals surface area contributed by atoms with Crippen LogP contribution in [0.4, 0.5) is 5.69 Å². The van der Waals surface area contributed by atoms with Crippen molar-refractivity contribution in [3.63, 3.8) is 0 Å². The number of nitrogens with one attached hydrogen (secondary N) is 2. The molecule has 0 radical (unpaired) electrons. The van der Waals surface area contributed by atoms with Gasteiger partial charge in [0.2, 0.25) is 5.91 Å². The molecule has 8 heteroatoms. The third-order valence-electron chi connectivity index (χ3n) is 4.14. The van der Waals surface area contributed by atoms with Crippen molar-refractivity contribution in [2.75, 3.05) is 25.1 Å². The Morgan fingerprint density at radius 3 is 2.48 bits per heavy atom. The van der Waals surface area contributed by atoms with Crippen LogP contribution in [0.15, 0.2) is 48.5 Å². The number of amides is 2. The molecular weight excluding hydrogens is 376 g/mol. The lowest BCUT2D eigenvalue weighted by atomic mass is 10.0. The minimum absolute atomic E-state index is 0.0824. The number of ether oxygens (including phenoxy) is 3. The molecule has 1 heterocycles. The maximum Gasteiger partial charge on any atom is 0.308 e. The van der Waals surface area contributed by atoms with Gasteiger partial charge in [-0.1, -0.05) is 30.3 Å². The number of carbonyl (C=O) groups excluding carboxylic acids is 3. The maximum absolute atomic E-state index is 12.2. The van der Waals surface area contributed by atoms with Crippen molar-refractivity contribution in [1.29, 1.82) is 0 Å². The number of esters is 1. The van der Waals surface area contributed by atoms with Crippen LogP contribution < -0.4 is 20.1 Å². The first-order valence-electron chi connectivity index (χ1n) is 9.18. The third kappa shape index (κ3) is 5.97. The maximum atomic E-state index is 12.2. The van der Waals surface area contributed by atoms with E-state index < -0.39 is 24.5 Å². The van der Waals surface area contributed by atoms with E-state index in [1.165, 1.54) is 6.92 Å². The topological polar surface area (TPSA) is 103 Å². The van der Waals surface area contributed by atoms with Gasteiger partial charge in [-0.05, 0) is 17.7 Å². The van der Waals surface area contributed by atoms with Crippen LogP contribution in [-0.2, 0) is 19.1 Å². The Hall–Kier alpha value is -3.55. The number of hydrogen-bond donors (Lipinski definition) is 2. The first-order valence-corrected chi connectivity index (χ1v) is 9.18. The fourth-order valence-corrected chi connectivity index (χ4v) is 2.87. The molecule has 0 fully saturated rings. The molecule has 2 aromatic rings. The molecule has 2 N–H and O–H groups in total. The van der Waals surface area contributed by atoms with Crippen LogP contribution >= 0.6 is 0 Å². The standard InChI is InChI=1S/C21H22N2O6/c1-14(24)22-17(15-5-3-2-4-6-15)12-21(26)29-13-20(25)23-16-7-8-18-19(11-16)28-10-9-27-18/h2-8,11,17H,9-10,12-13H2,1H3,(H,22,24)(H,23,25)/t17-/m0/s1. The Balaban J connectivity index is 1.51. The number of rotatable bonds is 7. The van der Waals surface area contributed by atoms with Gasteiger partial charge >= 0.3 is 5.97 Å². The summed E-state index contributed by atoms with van der Waals surface area (Å²) in [5.74, 6) is -0.170. The lowest BCUT2D eigenvalue weighted by molar-refractivity contribution is -0.148. The molecule has 1 aliphatic heterocycles. The van der Waals surface area contributed by atoms with Gasteiger partial charge in [-0.3, -0.25) is 14.4 Å². The summed E-state index contributed by atoms with van der Waals surface area (Å²) in [5, 5.41) is 5.36. The van der Waals surface area contributed by atoms with Crippen molar-refractivity contribution in [3.8, 4) is 11.5 Å². The number of anilines is 1. The van der Waals surface area contributed by atoms with Crippen molar-refractivity contribution >= 4 is 23.5 Å². The van der Waals surface area contributed by atoms with Crippen molar-refractivity contribution in [2.45, 2.75) is 19.4 Å². The molecule has 0 saturated heterocycles. The van der Waals surface area contributed by atoms with E-state index in [4.69, 9.17) is 14.2 Å². The summed E-state index contributed by atoms with van der Waals surface area (Å²) in [6.07, 6.45) is -0.0824. The molecule has 8 nitrogen and oxygen atoms in total. The molecule has 0 aromatic heterocycles. The van der Waals surface area contributed by atoms with Gasteiger partial charge in [-0.2, -0.15) is 0 Å². The van der Waals surface area contributed by atoms with Gasteiger partial charge in [0, 0.05) is 18.7 Å². The number of benzene rings is 2. The van der Waals surface area contributed by atoms with Gasteiger partial charge in [-0.25, -0.2) is 0 Å². The summed E-state index contributed by atoms with van der Waals surface area (Å²) < 4.78 is 16.0. The minimum atomic E-state index is -0.593. The molecule has 1 atom stereocenters. The van der Waals surface area contributed by atoms with Crippen LogP contribution in [0.3, 0.4) is 0 Å². The van der Waals surface area contributed by atoms with E-state index in [0.717, 1.165) is 5.56 Å². The highest BCUT2D eigenvalue weighted by Crippen LogP contribution is 2.32. The highest BCUT2D eigenvalue weighted by atomic mass is 16.6. The summed E-state index contributed by atoms with van der Waals surface area (Å²) in [7, 11) is 0. The Labute approximate surface area is 168 Å². The van der Waals surface area contributed by atoms with Gasteiger partial charge in [0.15, 0.2) is 18.1 Å². The minimum Gasteiger partial charge on any atom is -0.486 e. The van der Waals surface area contributed by atoms with Crippen molar-refractivity contribution < 1.29 is 28.6 Å². The molecule has 0 unspecified atom stereocenters. The largest absolute Gasteiger partial charge is 0.486 e. The van der Waals surface area contributed by atoms with Crippen molar-refractivity contribution in [2.24, 2.45) is 0 Å². The average Bonchev–Trinajstić information content (AvgIpc) is 2.72. The zero-order valence-electron chi connectivity index (χ0n) is 16.0. The first kappa shape index (κ1) is 20.2. The SMILES string of the molecule is CC(=O)N[C@@H](CC(=O)OCC(=O)Nc1ccc2c(c1)OCCO2)c1ccccc1. The van der Waals surface area contributed by atoms with E-state index in [0.29, 0.717) is 30.4 Å². The second-order valence-electron chi connectivity index (χ2n) is 6.44. The van der Waals surface area contributed by atoms with Crippen molar-refractivity contribution in [1.82, 2.24) is 5.32 Å². The summed E-state index contributed by atoms with van der Waals surface area (Å²) in [6, 6.07) is 13.6. The summed E-state index contributed by atoms with van der Waals surface area (Å²) in [5.41, 5.74) is 1.29. The van der Waals surface area contributed by atoms with E-state index in [-0.39, 0.29) is 12.3 Å². The third-order valence-corrected chi connectivity index (χ3v) is 4.14. The number of fused-ring (bicyclic) bond motifs is 1. The van der Waals surface area contributed by atoms with Gasteiger partial charge in [0.25, 0.3) is 5.91 Å². The highest BCUT2D eigenvalue weighted by molar-refractivity contribution is 5.93. The molecule has 1 aliphatic rings. The molecule has 0 saturated carbocycles. The molecular formula is C21H22N2O6. The van der Waals surface area contributed by atoms with Gasteiger partial charge in [0.1, 0.15) is 13.2 Å². The molecule has 152 valence electrons. The molecule has 29 heavy (non-hydrogen) atoms. The fraction of sp³-hybridized carbons (Fsp3) is 0.286. The van der Waals surface area contributed by atoms with Crippen LogP contribution in [0.2, 0.25) is 0 Å². The van der Waals surface area contributed by atoms with Crippen LogP contribution in [0.1, 0.15) is 24.9 Å². The Bertz CT molecular complexity index is 884. The zero-order valence-corrected chi connectivity index (χ0v) is 16.0. The highest BCUT2D eigenvalue weighted by Gasteiger charge is 2.19. The lowest BCUT2D eigenvalue weighted by Crippen LogP contribution is -2.29. The second kappa shape index (κ2) is 9.59. The van der Waals surface area contributed by atoms with Crippen LogP contribution in [0.25, 0.3) is 0 Å².